The summed E-state index contributed by atoms with van der Waals surface area (Å²) in [6, 6.07) is 9.03. The molecule has 0 amide bonds. The van der Waals surface area contributed by atoms with E-state index in [4.69, 9.17) is 4.74 Å². The molecule has 0 aromatic heterocycles. The summed E-state index contributed by atoms with van der Waals surface area (Å²) in [6.45, 7) is 5.04. The Labute approximate surface area is 118 Å². The first-order valence-electron chi connectivity index (χ1n) is 6.85. The van der Waals surface area contributed by atoms with Crippen LogP contribution in [0.1, 0.15) is 25.3 Å². The van der Waals surface area contributed by atoms with Crippen molar-refractivity contribution in [3.05, 3.63) is 34.3 Å². The van der Waals surface area contributed by atoms with Gasteiger partial charge < -0.3 is 10.1 Å². The van der Waals surface area contributed by atoms with Gasteiger partial charge in [-0.15, -0.1) is 0 Å². The maximum atomic E-state index is 5.63. The van der Waals surface area contributed by atoms with Crippen molar-refractivity contribution in [2.75, 3.05) is 19.8 Å². The molecule has 1 heterocycles. The largest absolute Gasteiger partial charge is 0.381 e. The van der Waals surface area contributed by atoms with E-state index in [1.807, 2.05) is 0 Å². The molecule has 0 aliphatic carbocycles. The van der Waals surface area contributed by atoms with E-state index in [1.165, 1.54) is 22.9 Å². The molecular formula is C15H22BrNO. The molecule has 100 valence electrons. The molecule has 0 spiro atoms. The molecule has 1 aliphatic heterocycles. The Morgan fingerprint density at radius 1 is 1.44 bits per heavy atom. The first kappa shape index (κ1) is 14.0. The number of nitrogens with one attached hydrogen (secondary N) is 1. The number of ether oxygens (including phenoxy) is 1. The number of hydrogen-bond acceptors (Lipinski definition) is 2. The van der Waals surface area contributed by atoms with E-state index in [0.29, 0.717) is 12.0 Å². The smallest absolute Gasteiger partial charge is 0.0509 e. The number of rotatable bonds is 5. The van der Waals surface area contributed by atoms with Crippen LogP contribution < -0.4 is 5.32 Å². The summed E-state index contributed by atoms with van der Waals surface area (Å²) in [7, 11) is 0. The third kappa shape index (κ3) is 3.81. The number of likely N-dealkylation sites (N-methyl/N-ethyl adjacent to an activating group) is 1. The summed E-state index contributed by atoms with van der Waals surface area (Å²) in [4.78, 5) is 0. The summed E-state index contributed by atoms with van der Waals surface area (Å²) < 4.78 is 6.84. The molecule has 0 bridgehead atoms. The zero-order chi connectivity index (χ0) is 12.8. The van der Waals surface area contributed by atoms with Gasteiger partial charge in [-0.2, -0.15) is 0 Å². The molecular weight excluding hydrogens is 290 g/mol. The Balaban J connectivity index is 2.03. The minimum atomic E-state index is 0.522. The third-order valence-corrected chi connectivity index (χ3v) is 4.40. The predicted molar refractivity (Wildman–Crippen MR) is 78.9 cm³/mol. The van der Waals surface area contributed by atoms with Gasteiger partial charge in [-0.1, -0.05) is 41.1 Å². The van der Waals surface area contributed by atoms with Crippen molar-refractivity contribution in [3.63, 3.8) is 0 Å². The van der Waals surface area contributed by atoms with Crippen LogP contribution in [0.15, 0.2) is 28.7 Å². The number of halogens is 1. The van der Waals surface area contributed by atoms with E-state index in [-0.39, 0.29) is 0 Å². The van der Waals surface area contributed by atoms with E-state index in [0.717, 1.165) is 26.2 Å². The van der Waals surface area contributed by atoms with Gasteiger partial charge >= 0.3 is 0 Å². The fourth-order valence-electron chi connectivity index (χ4n) is 2.65. The molecule has 18 heavy (non-hydrogen) atoms. The standard InChI is InChI=1S/C15H22BrNO/c1-2-17-15(13-7-5-9-18-11-13)10-12-6-3-4-8-14(12)16/h3-4,6,8,13,15,17H,2,5,7,9-11H2,1H3. The quantitative estimate of drug-likeness (QED) is 0.900. The van der Waals surface area contributed by atoms with Crippen molar-refractivity contribution in [3.8, 4) is 0 Å². The Morgan fingerprint density at radius 3 is 2.94 bits per heavy atom. The molecule has 1 saturated heterocycles. The van der Waals surface area contributed by atoms with Gasteiger partial charge in [0.2, 0.25) is 0 Å². The van der Waals surface area contributed by atoms with E-state index >= 15 is 0 Å². The van der Waals surface area contributed by atoms with Gasteiger partial charge in [-0.25, -0.2) is 0 Å². The second-order valence-electron chi connectivity index (χ2n) is 4.94. The highest BCUT2D eigenvalue weighted by atomic mass is 79.9. The predicted octanol–water partition coefficient (Wildman–Crippen LogP) is 3.40. The first-order valence-corrected chi connectivity index (χ1v) is 7.65. The molecule has 2 atom stereocenters. The molecule has 0 saturated carbocycles. The van der Waals surface area contributed by atoms with Crippen LogP contribution in [0.25, 0.3) is 0 Å². The van der Waals surface area contributed by atoms with Crippen molar-refractivity contribution in [2.45, 2.75) is 32.2 Å². The van der Waals surface area contributed by atoms with Crippen LogP contribution in [0.2, 0.25) is 0 Å². The second kappa shape index (κ2) is 7.27. The lowest BCUT2D eigenvalue weighted by Gasteiger charge is -2.31. The van der Waals surface area contributed by atoms with Gasteiger partial charge in [0.05, 0.1) is 6.61 Å². The van der Waals surface area contributed by atoms with Crippen LogP contribution in [0.5, 0.6) is 0 Å². The molecule has 1 aliphatic rings. The van der Waals surface area contributed by atoms with Gasteiger partial charge in [0, 0.05) is 17.1 Å². The summed E-state index contributed by atoms with van der Waals surface area (Å²) in [6.07, 6.45) is 3.55. The van der Waals surface area contributed by atoms with Crippen LogP contribution in [-0.2, 0) is 11.2 Å². The maximum absolute atomic E-state index is 5.63. The lowest BCUT2D eigenvalue weighted by molar-refractivity contribution is 0.0395. The molecule has 1 N–H and O–H groups in total. The fourth-order valence-corrected chi connectivity index (χ4v) is 3.10. The zero-order valence-corrected chi connectivity index (χ0v) is 12.6. The average molecular weight is 312 g/mol. The van der Waals surface area contributed by atoms with E-state index in [1.54, 1.807) is 0 Å². The molecule has 1 aromatic carbocycles. The molecule has 2 unspecified atom stereocenters. The van der Waals surface area contributed by atoms with Gasteiger partial charge in [0.25, 0.3) is 0 Å². The number of benzene rings is 1. The lowest BCUT2D eigenvalue weighted by Crippen LogP contribution is -2.41. The molecule has 2 nitrogen and oxygen atoms in total. The van der Waals surface area contributed by atoms with Gasteiger partial charge in [-0.3, -0.25) is 0 Å². The van der Waals surface area contributed by atoms with Crippen LogP contribution >= 0.6 is 15.9 Å². The highest BCUT2D eigenvalue weighted by molar-refractivity contribution is 9.10. The highest BCUT2D eigenvalue weighted by Gasteiger charge is 2.24. The summed E-state index contributed by atoms with van der Waals surface area (Å²) in [5.41, 5.74) is 1.38. The molecule has 3 heteroatoms. The minimum absolute atomic E-state index is 0.522. The van der Waals surface area contributed by atoms with Crippen molar-refractivity contribution < 1.29 is 4.74 Å². The average Bonchev–Trinajstić information content (AvgIpc) is 2.42. The molecule has 1 fully saturated rings. The van der Waals surface area contributed by atoms with Crippen molar-refractivity contribution in [1.29, 1.82) is 0 Å². The Morgan fingerprint density at radius 2 is 2.28 bits per heavy atom. The van der Waals surface area contributed by atoms with E-state index < -0.39 is 0 Å². The van der Waals surface area contributed by atoms with E-state index in [9.17, 15) is 0 Å². The fraction of sp³-hybridized carbons (Fsp3) is 0.600. The number of hydrogen-bond donors (Lipinski definition) is 1. The monoisotopic (exact) mass is 311 g/mol. The SMILES string of the molecule is CCNC(Cc1ccccc1Br)C1CCCOC1. The maximum Gasteiger partial charge on any atom is 0.0509 e. The van der Waals surface area contributed by atoms with Crippen molar-refractivity contribution in [2.24, 2.45) is 5.92 Å². The summed E-state index contributed by atoms with van der Waals surface area (Å²) in [5, 5.41) is 3.63. The summed E-state index contributed by atoms with van der Waals surface area (Å²) >= 11 is 3.64. The van der Waals surface area contributed by atoms with Crippen molar-refractivity contribution in [1.82, 2.24) is 5.32 Å². The van der Waals surface area contributed by atoms with Gasteiger partial charge in [0.1, 0.15) is 0 Å². The zero-order valence-electron chi connectivity index (χ0n) is 11.0. The Kier molecular flexibility index (Phi) is 5.67. The third-order valence-electron chi connectivity index (χ3n) is 3.63. The van der Waals surface area contributed by atoms with Crippen LogP contribution in [0.4, 0.5) is 0 Å². The topological polar surface area (TPSA) is 21.3 Å². The normalized spacial score (nSPS) is 21.8. The van der Waals surface area contributed by atoms with Gasteiger partial charge in [0.15, 0.2) is 0 Å². The highest BCUT2D eigenvalue weighted by Crippen LogP contribution is 2.23. The molecule has 0 radical (unpaired) electrons. The Hall–Kier alpha value is -0.380. The lowest BCUT2D eigenvalue weighted by atomic mass is 9.89. The van der Waals surface area contributed by atoms with Gasteiger partial charge in [-0.05, 0) is 43.4 Å². The Bertz CT molecular complexity index is 363. The molecule has 1 aromatic rings. The summed E-state index contributed by atoms with van der Waals surface area (Å²) in [5.74, 6) is 0.644. The van der Waals surface area contributed by atoms with Crippen LogP contribution in [-0.4, -0.2) is 25.8 Å². The minimum Gasteiger partial charge on any atom is -0.381 e. The van der Waals surface area contributed by atoms with Crippen LogP contribution in [0, 0.1) is 5.92 Å². The first-order chi connectivity index (χ1) is 8.81. The second-order valence-corrected chi connectivity index (χ2v) is 5.79. The molecule has 2 rings (SSSR count). The van der Waals surface area contributed by atoms with Crippen molar-refractivity contribution >= 4 is 15.9 Å². The van der Waals surface area contributed by atoms with Crippen LogP contribution in [0.3, 0.4) is 0 Å². The van der Waals surface area contributed by atoms with E-state index in [2.05, 4.69) is 52.4 Å².